The Morgan fingerprint density at radius 1 is 0.944 bits per heavy atom. The number of nitrogens with one attached hydrogen (secondary N) is 1. The van der Waals surface area contributed by atoms with Crippen molar-refractivity contribution in [3.8, 4) is 0 Å². The quantitative estimate of drug-likeness (QED) is 0.755. The molecule has 0 aliphatic rings. The lowest BCUT2D eigenvalue weighted by Crippen LogP contribution is -2.06. The number of halogens is 1. The number of benzene rings is 2. The highest BCUT2D eigenvalue weighted by atomic mass is 79.9. The largest absolute Gasteiger partial charge is 0.367 e. The van der Waals surface area contributed by atoms with Crippen LogP contribution in [0.2, 0.25) is 0 Å². The zero-order valence-corrected chi connectivity index (χ0v) is 11.4. The van der Waals surface area contributed by atoms with Crippen molar-refractivity contribution in [3.63, 3.8) is 0 Å². The highest BCUT2D eigenvalue weighted by Crippen LogP contribution is 2.17. The van der Waals surface area contributed by atoms with Gasteiger partial charge in [-0.05, 0) is 41.8 Å². The first-order valence-electron chi connectivity index (χ1n) is 5.86. The van der Waals surface area contributed by atoms with Gasteiger partial charge in [0.1, 0.15) is 0 Å². The van der Waals surface area contributed by atoms with Gasteiger partial charge in [-0.2, -0.15) is 0 Å². The average Bonchev–Trinajstić information content (AvgIpc) is 2.82. The Bertz CT molecular complexity index is 656. The van der Waals surface area contributed by atoms with Crippen LogP contribution in [0.15, 0.2) is 65.3 Å². The molecule has 0 amide bonds. The minimum absolute atomic E-state index is 0.773. The first-order chi connectivity index (χ1) is 8.83. The molecule has 1 aromatic heterocycles. The zero-order valence-electron chi connectivity index (χ0n) is 9.81. The lowest BCUT2D eigenvalue weighted by atomic mass is 10.2. The van der Waals surface area contributed by atoms with Crippen molar-refractivity contribution >= 4 is 32.5 Å². The minimum atomic E-state index is 0.773. The van der Waals surface area contributed by atoms with Crippen LogP contribution in [0.1, 0.15) is 0 Å². The van der Waals surface area contributed by atoms with Crippen LogP contribution in [0.25, 0.3) is 10.9 Å². The normalized spacial score (nSPS) is 10.7. The lowest BCUT2D eigenvalue weighted by molar-refractivity contribution is 0.811. The summed E-state index contributed by atoms with van der Waals surface area (Å²) >= 11 is 3.43. The molecule has 3 aromatic rings. The van der Waals surface area contributed by atoms with Crippen molar-refractivity contribution in [2.45, 2.75) is 6.67 Å². The predicted molar refractivity (Wildman–Crippen MR) is 79.7 cm³/mol. The maximum Gasteiger partial charge on any atom is 0.0919 e. The molecule has 0 aliphatic heterocycles. The number of hydrogen-bond acceptors (Lipinski definition) is 1. The summed E-state index contributed by atoms with van der Waals surface area (Å²) in [5.74, 6) is 0. The lowest BCUT2D eigenvalue weighted by Gasteiger charge is -2.09. The van der Waals surface area contributed by atoms with Crippen molar-refractivity contribution in [1.29, 1.82) is 0 Å². The molecule has 0 saturated heterocycles. The molecule has 0 unspecified atom stereocenters. The van der Waals surface area contributed by atoms with Crippen LogP contribution < -0.4 is 5.32 Å². The first-order valence-corrected chi connectivity index (χ1v) is 6.65. The van der Waals surface area contributed by atoms with Crippen molar-refractivity contribution < 1.29 is 0 Å². The van der Waals surface area contributed by atoms with E-state index < -0.39 is 0 Å². The highest BCUT2D eigenvalue weighted by molar-refractivity contribution is 9.10. The van der Waals surface area contributed by atoms with Crippen LogP contribution in [0.5, 0.6) is 0 Å². The van der Waals surface area contributed by atoms with Crippen molar-refractivity contribution in [2.75, 3.05) is 5.32 Å². The molecule has 0 fully saturated rings. The second kappa shape index (κ2) is 4.86. The topological polar surface area (TPSA) is 17.0 Å². The van der Waals surface area contributed by atoms with E-state index in [4.69, 9.17) is 0 Å². The summed E-state index contributed by atoms with van der Waals surface area (Å²) in [6, 6.07) is 18.7. The number of nitrogens with zero attached hydrogens (tertiary/aromatic N) is 1. The van der Waals surface area contributed by atoms with Crippen LogP contribution in [0.4, 0.5) is 5.69 Å². The van der Waals surface area contributed by atoms with E-state index in [1.165, 1.54) is 10.9 Å². The Labute approximate surface area is 114 Å². The van der Waals surface area contributed by atoms with Gasteiger partial charge in [-0.25, -0.2) is 0 Å². The van der Waals surface area contributed by atoms with Crippen LogP contribution in [-0.2, 0) is 6.67 Å². The molecule has 0 spiro atoms. The second-order valence-corrected chi connectivity index (χ2v) is 5.10. The highest BCUT2D eigenvalue weighted by Gasteiger charge is 1.99. The molecule has 2 nitrogen and oxygen atoms in total. The third kappa shape index (κ3) is 2.27. The smallest absolute Gasteiger partial charge is 0.0919 e. The molecule has 0 saturated carbocycles. The molecule has 3 heteroatoms. The van der Waals surface area contributed by atoms with E-state index in [1.54, 1.807) is 0 Å². The standard InChI is InChI=1S/C15H13BrN2/c16-13-5-7-14(8-6-13)17-11-18-10-9-12-3-1-2-4-15(12)18/h1-10,17H,11H2. The van der Waals surface area contributed by atoms with E-state index in [-0.39, 0.29) is 0 Å². The molecule has 0 bridgehead atoms. The fraction of sp³-hybridized carbons (Fsp3) is 0.0667. The maximum absolute atomic E-state index is 3.43. The summed E-state index contributed by atoms with van der Waals surface area (Å²) in [6.07, 6.45) is 2.11. The third-order valence-electron chi connectivity index (χ3n) is 2.98. The molecule has 1 heterocycles. The van der Waals surface area contributed by atoms with Crippen LogP contribution in [0, 0.1) is 0 Å². The van der Waals surface area contributed by atoms with Crippen LogP contribution in [-0.4, -0.2) is 4.57 Å². The third-order valence-corrected chi connectivity index (χ3v) is 3.51. The van der Waals surface area contributed by atoms with Crippen LogP contribution in [0.3, 0.4) is 0 Å². The number of para-hydroxylation sites is 1. The van der Waals surface area contributed by atoms with Gasteiger partial charge in [0.25, 0.3) is 0 Å². The minimum Gasteiger partial charge on any atom is -0.367 e. The number of aromatic nitrogens is 1. The van der Waals surface area contributed by atoms with Gasteiger partial charge in [0.2, 0.25) is 0 Å². The molecule has 0 radical (unpaired) electrons. The molecule has 0 atom stereocenters. The van der Waals surface area contributed by atoms with Gasteiger partial charge in [-0.1, -0.05) is 34.1 Å². The SMILES string of the molecule is Brc1ccc(NCn2ccc3ccccc32)cc1. The van der Waals surface area contributed by atoms with Gasteiger partial charge in [-0.3, -0.25) is 0 Å². The Morgan fingerprint density at radius 3 is 2.56 bits per heavy atom. The number of fused-ring (bicyclic) bond motifs is 1. The molecule has 0 aliphatic carbocycles. The van der Waals surface area contributed by atoms with Gasteiger partial charge in [0, 0.05) is 21.9 Å². The maximum atomic E-state index is 3.43. The monoisotopic (exact) mass is 300 g/mol. The summed E-state index contributed by atoms with van der Waals surface area (Å²) in [7, 11) is 0. The summed E-state index contributed by atoms with van der Waals surface area (Å²) in [6.45, 7) is 0.773. The molecular formula is C15H13BrN2. The molecule has 18 heavy (non-hydrogen) atoms. The van der Waals surface area contributed by atoms with Crippen molar-refractivity contribution in [2.24, 2.45) is 0 Å². The van der Waals surface area contributed by atoms with E-state index >= 15 is 0 Å². The Balaban J connectivity index is 1.79. The Kier molecular flexibility index (Phi) is 3.07. The van der Waals surface area contributed by atoms with Crippen molar-refractivity contribution in [3.05, 3.63) is 65.3 Å². The molecule has 2 aromatic carbocycles. The summed E-state index contributed by atoms with van der Waals surface area (Å²) in [5.41, 5.74) is 2.37. The van der Waals surface area contributed by atoms with Crippen molar-refractivity contribution in [1.82, 2.24) is 4.57 Å². The molecule has 1 N–H and O–H groups in total. The first kappa shape index (κ1) is 11.4. The second-order valence-electron chi connectivity index (χ2n) is 4.19. The number of rotatable bonds is 3. The fourth-order valence-corrected chi connectivity index (χ4v) is 2.29. The summed E-state index contributed by atoms with van der Waals surface area (Å²) < 4.78 is 3.30. The molecular weight excluding hydrogens is 288 g/mol. The summed E-state index contributed by atoms with van der Waals surface area (Å²) in [4.78, 5) is 0. The fourth-order valence-electron chi connectivity index (χ4n) is 2.02. The average molecular weight is 301 g/mol. The van der Waals surface area contributed by atoms with E-state index in [0.717, 1.165) is 16.8 Å². The molecule has 90 valence electrons. The predicted octanol–water partition coefficient (Wildman–Crippen LogP) is 4.47. The number of hydrogen-bond donors (Lipinski definition) is 1. The Morgan fingerprint density at radius 2 is 1.72 bits per heavy atom. The van der Waals surface area contributed by atoms with Gasteiger partial charge >= 0.3 is 0 Å². The number of anilines is 1. The van der Waals surface area contributed by atoms with E-state index in [0.29, 0.717) is 0 Å². The van der Waals surface area contributed by atoms with Crippen LogP contribution >= 0.6 is 15.9 Å². The molecule has 3 rings (SSSR count). The van der Waals surface area contributed by atoms with Gasteiger partial charge < -0.3 is 9.88 Å². The summed E-state index contributed by atoms with van der Waals surface area (Å²) in [5, 5.41) is 4.68. The van der Waals surface area contributed by atoms with E-state index in [9.17, 15) is 0 Å². The van der Waals surface area contributed by atoms with Gasteiger partial charge in [0.15, 0.2) is 0 Å². The Hall–Kier alpha value is -1.74. The van der Waals surface area contributed by atoms with Gasteiger partial charge in [0.05, 0.1) is 6.67 Å². The van der Waals surface area contributed by atoms with E-state index in [2.05, 4.69) is 74.5 Å². The van der Waals surface area contributed by atoms with Gasteiger partial charge in [-0.15, -0.1) is 0 Å². The zero-order chi connectivity index (χ0) is 12.4. The van der Waals surface area contributed by atoms with E-state index in [1.807, 2.05) is 12.1 Å².